The third kappa shape index (κ3) is 3.78. The van der Waals surface area contributed by atoms with E-state index in [4.69, 9.17) is 4.98 Å². The minimum absolute atomic E-state index is 0.00946. The Bertz CT molecular complexity index is 1120. The molecule has 0 unspecified atom stereocenters. The molecule has 6 heteroatoms. The standard InChI is InChI=1S/C26H30N4O2/c1-18-9-5-7-13-21(18)30-25(32)23(29-22-14-8-6-12-20(22)28-26(29)30)17-24(31)27-16-15-19-10-3-2-4-11-19/h2-4,6,8,10-12,14,18,21,23H,5,7,9,13,15-17H2,1H3,(H,27,31)/t18-,21-,23+/m0/s1. The van der Waals surface area contributed by atoms with E-state index in [1.165, 1.54) is 12.0 Å². The second-order valence-electron chi connectivity index (χ2n) is 9.11. The van der Waals surface area contributed by atoms with Crippen LogP contribution in [0.15, 0.2) is 54.6 Å². The van der Waals surface area contributed by atoms with Crippen molar-refractivity contribution in [2.75, 3.05) is 11.4 Å². The van der Waals surface area contributed by atoms with Gasteiger partial charge in [0, 0.05) is 12.6 Å². The van der Waals surface area contributed by atoms with Gasteiger partial charge in [0.05, 0.1) is 17.5 Å². The number of benzene rings is 2. The molecule has 1 aliphatic heterocycles. The van der Waals surface area contributed by atoms with Crippen LogP contribution in [-0.2, 0) is 16.0 Å². The van der Waals surface area contributed by atoms with Crippen molar-refractivity contribution < 1.29 is 9.59 Å². The lowest BCUT2D eigenvalue weighted by molar-refractivity contribution is -0.127. The maximum Gasteiger partial charge on any atom is 0.253 e. The first kappa shape index (κ1) is 20.7. The SMILES string of the molecule is C[C@H]1CCCC[C@@H]1N1C(=O)[C@@H](CC(=O)NCCc2ccccc2)n2c1nc1ccccc12. The smallest absolute Gasteiger partial charge is 0.253 e. The van der Waals surface area contributed by atoms with Crippen LogP contribution >= 0.6 is 0 Å². The number of para-hydroxylation sites is 2. The van der Waals surface area contributed by atoms with Crippen molar-refractivity contribution in [1.29, 1.82) is 0 Å². The molecule has 0 bridgehead atoms. The number of aromatic nitrogens is 2. The van der Waals surface area contributed by atoms with E-state index in [-0.39, 0.29) is 24.3 Å². The summed E-state index contributed by atoms with van der Waals surface area (Å²) in [6.45, 7) is 2.79. The van der Waals surface area contributed by atoms with Crippen LogP contribution in [0.4, 0.5) is 5.95 Å². The van der Waals surface area contributed by atoms with Crippen molar-refractivity contribution in [3.05, 3.63) is 60.2 Å². The summed E-state index contributed by atoms with van der Waals surface area (Å²) in [4.78, 5) is 33.2. The molecule has 2 aliphatic rings. The number of fused-ring (bicyclic) bond motifs is 3. The number of hydrogen-bond donors (Lipinski definition) is 1. The zero-order valence-corrected chi connectivity index (χ0v) is 18.5. The van der Waals surface area contributed by atoms with E-state index in [0.717, 1.165) is 36.7 Å². The molecule has 6 nitrogen and oxygen atoms in total. The van der Waals surface area contributed by atoms with Gasteiger partial charge in [-0.25, -0.2) is 4.98 Å². The van der Waals surface area contributed by atoms with Gasteiger partial charge in [-0.15, -0.1) is 0 Å². The summed E-state index contributed by atoms with van der Waals surface area (Å²) in [5.41, 5.74) is 2.98. The average molecular weight is 431 g/mol. The molecule has 1 N–H and O–H groups in total. The Labute approximate surface area is 188 Å². The van der Waals surface area contributed by atoms with E-state index in [1.54, 1.807) is 0 Å². The molecule has 1 fully saturated rings. The van der Waals surface area contributed by atoms with Crippen LogP contribution in [-0.4, -0.2) is 34.0 Å². The molecule has 1 saturated carbocycles. The summed E-state index contributed by atoms with van der Waals surface area (Å²) in [5.74, 6) is 1.05. The van der Waals surface area contributed by atoms with Gasteiger partial charge in [0.15, 0.2) is 0 Å². The van der Waals surface area contributed by atoms with E-state index in [9.17, 15) is 9.59 Å². The molecule has 2 amide bonds. The fraction of sp³-hybridized carbons (Fsp3) is 0.423. The Morgan fingerprint density at radius 1 is 1.06 bits per heavy atom. The highest BCUT2D eigenvalue weighted by molar-refractivity contribution is 6.04. The number of carbonyl (C=O) groups excluding carboxylic acids is 2. The average Bonchev–Trinajstić information content (AvgIpc) is 3.29. The Hall–Kier alpha value is -3.15. The van der Waals surface area contributed by atoms with Crippen LogP contribution in [0.25, 0.3) is 11.0 Å². The summed E-state index contributed by atoms with van der Waals surface area (Å²) < 4.78 is 2.00. The fourth-order valence-corrected chi connectivity index (χ4v) is 5.29. The molecular weight excluding hydrogens is 400 g/mol. The lowest BCUT2D eigenvalue weighted by Crippen LogP contribution is -2.45. The zero-order chi connectivity index (χ0) is 22.1. The van der Waals surface area contributed by atoms with Gasteiger partial charge < -0.3 is 5.32 Å². The number of amides is 2. The van der Waals surface area contributed by atoms with Gasteiger partial charge in [0.1, 0.15) is 6.04 Å². The largest absolute Gasteiger partial charge is 0.356 e. The predicted octanol–water partition coefficient (Wildman–Crippen LogP) is 4.25. The maximum absolute atomic E-state index is 13.6. The van der Waals surface area contributed by atoms with Crippen LogP contribution in [0.5, 0.6) is 0 Å². The van der Waals surface area contributed by atoms with Crippen molar-refractivity contribution in [3.8, 4) is 0 Å². The summed E-state index contributed by atoms with van der Waals surface area (Å²) >= 11 is 0. The molecule has 2 heterocycles. The maximum atomic E-state index is 13.6. The highest BCUT2D eigenvalue weighted by Gasteiger charge is 2.45. The first-order valence-corrected chi connectivity index (χ1v) is 11.7. The molecule has 2 aromatic carbocycles. The molecular formula is C26H30N4O2. The second kappa shape index (κ2) is 8.77. The number of nitrogens with one attached hydrogen (secondary N) is 1. The van der Waals surface area contributed by atoms with Crippen molar-refractivity contribution in [2.45, 2.75) is 57.5 Å². The van der Waals surface area contributed by atoms with Crippen LogP contribution < -0.4 is 10.2 Å². The molecule has 0 spiro atoms. The monoisotopic (exact) mass is 430 g/mol. The molecule has 3 aromatic rings. The van der Waals surface area contributed by atoms with Gasteiger partial charge >= 0.3 is 0 Å². The molecule has 5 rings (SSSR count). The summed E-state index contributed by atoms with van der Waals surface area (Å²) in [6, 6.07) is 17.6. The molecule has 1 aliphatic carbocycles. The van der Waals surface area contributed by atoms with E-state index in [0.29, 0.717) is 18.4 Å². The zero-order valence-electron chi connectivity index (χ0n) is 18.5. The molecule has 0 saturated heterocycles. The van der Waals surface area contributed by atoms with Gasteiger partial charge in [-0.1, -0.05) is 62.2 Å². The Morgan fingerprint density at radius 2 is 1.81 bits per heavy atom. The highest BCUT2D eigenvalue weighted by Crippen LogP contribution is 2.41. The van der Waals surface area contributed by atoms with Gasteiger partial charge in [-0.2, -0.15) is 0 Å². The lowest BCUT2D eigenvalue weighted by Gasteiger charge is -2.35. The number of imidazole rings is 1. The summed E-state index contributed by atoms with van der Waals surface area (Å²) in [5, 5.41) is 3.01. The molecule has 1 aromatic heterocycles. The van der Waals surface area contributed by atoms with Crippen LogP contribution in [0.1, 0.15) is 50.6 Å². The van der Waals surface area contributed by atoms with E-state index >= 15 is 0 Å². The van der Waals surface area contributed by atoms with Crippen molar-refractivity contribution in [3.63, 3.8) is 0 Å². The molecule has 166 valence electrons. The lowest BCUT2D eigenvalue weighted by atomic mass is 9.85. The number of hydrogen-bond acceptors (Lipinski definition) is 3. The first-order valence-electron chi connectivity index (χ1n) is 11.7. The third-order valence-corrected chi connectivity index (χ3v) is 6.98. The van der Waals surface area contributed by atoms with Crippen molar-refractivity contribution in [2.24, 2.45) is 5.92 Å². The normalized spacial score (nSPS) is 22.8. The predicted molar refractivity (Wildman–Crippen MR) is 125 cm³/mol. The minimum atomic E-state index is -0.539. The van der Waals surface area contributed by atoms with Crippen LogP contribution in [0.3, 0.4) is 0 Å². The molecule has 3 atom stereocenters. The van der Waals surface area contributed by atoms with Gasteiger partial charge in [-0.05, 0) is 42.9 Å². The van der Waals surface area contributed by atoms with Crippen molar-refractivity contribution >= 4 is 28.8 Å². The topological polar surface area (TPSA) is 67.2 Å². The number of nitrogens with zero attached hydrogens (tertiary/aromatic N) is 3. The quantitative estimate of drug-likeness (QED) is 0.636. The number of anilines is 1. The van der Waals surface area contributed by atoms with Gasteiger partial charge in [0.25, 0.3) is 5.91 Å². The van der Waals surface area contributed by atoms with E-state index < -0.39 is 6.04 Å². The van der Waals surface area contributed by atoms with Crippen LogP contribution in [0.2, 0.25) is 0 Å². The summed E-state index contributed by atoms with van der Waals surface area (Å²) in [6.07, 6.45) is 5.37. The Morgan fingerprint density at radius 3 is 2.62 bits per heavy atom. The van der Waals surface area contributed by atoms with Gasteiger partial charge in [-0.3, -0.25) is 19.1 Å². The van der Waals surface area contributed by atoms with E-state index in [1.807, 2.05) is 51.9 Å². The third-order valence-electron chi connectivity index (χ3n) is 6.98. The number of carbonyl (C=O) groups is 2. The minimum Gasteiger partial charge on any atom is -0.356 e. The first-order chi connectivity index (χ1) is 15.6. The van der Waals surface area contributed by atoms with Crippen molar-refractivity contribution in [1.82, 2.24) is 14.9 Å². The van der Waals surface area contributed by atoms with Gasteiger partial charge in [0.2, 0.25) is 11.9 Å². The molecule has 0 radical (unpaired) electrons. The fourth-order valence-electron chi connectivity index (χ4n) is 5.29. The Kier molecular flexibility index (Phi) is 5.68. The number of rotatable bonds is 6. The summed E-state index contributed by atoms with van der Waals surface area (Å²) in [7, 11) is 0. The molecule has 32 heavy (non-hydrogen) atoms. The Balaban J connectivity index is 1.37. The second-order valence-corrected chi connectivity index (χ2v) is 9.11. The van der Waals surface area contributed by atoms with E-state index in [2.05, 4.69) is 24.4 Å². The van der Waals surface area contributed by atoms with Crippen LogP contribution in [0, 0.1) is 5.92 Å². The highest BCUT2D eigenvalue weighted by atomic mass is 16.2.